The molecule has 1 atom stereocenters. The van der Waals surface area contributed by atoms with Gasteiger partial charge in [-0.05, 0) is 37.1 Å². The molecule has 1 aromatic carbocycles. The molecule has 1 amide bonds. The third kappa shape index (κ3) is 3.60. The lowest BCUT2D eigenvalue weighted by Gasteiger charge is -2.22. The average molecular weight is 330 g/mol. The summed E-state index contributed by atoms with van der Waals surface area (Å²) in [6.45, 7) is 4.67. The molecule has 3 rings (SSSR count). The molecule has 0 aliphatic carbocycles. The van der Waals surface area contributed by atoms with Gasteiger partial charge in [0.15, 0.2) is 0 Å². The molecule has 0 saturated carbocycles. The maximum atomic E-state index is 12.7. The fourth-order valence-electron chi connectivity index (χ4n) is 3.45. The number of aromatic nitrogens is 2. The Balaban J connectivity index is 1.60. The minimum atomic E-state index is 0.0675. The molecule has 24 heavy (non-hydrogen) atoms. The highest BCUT2D eigenvalue weighted by Gasteiger charge is 2.25. The SMILES string of the molecule is COCCN1CCC(CN(C)C(=O)c2ccc3c(c2)ncn3C)C1. The van der Waals surface area contributed by atoms with Crippen LogP contribution < -0.4 is 0 Å². The van der Waals surface area contributed by atoms with E-state index in [1.807, 2.05) is 41.8 Å². The van der Waals surface area contributed by atoms with Crippen molar-refractivity contribution in [2.45, 2.75) is 6.42 Å². The van der Waals surface area contributed by atoms with Gasteiger partial charge in [-0.1, -0.05) is 0 Å². The number of methoxy groups -OCH3 is 1. The van der Waals surface area contributed by atoms with Crippen LogP contribution in [0, 0.1) is 5.92 Å². The summed E-state index contributed by atoms with van der Waals surface area (Å²) in [6.07, 6.45) is 2.91. The first-order valence-corrected chi connectivity index (χ1v) is 8.46. The van der Waals surface area contributed by atoms with Crippen LogP contribution in [0.1, 0.15) is 16.8 Å². The summed E-state index contributed by atoms with van der Waals surface area (Å²) in [5.41, 5.74) is 2.61. The molecule has 2 aromatic rings. The predicted octanol–water partition coefficient (Wildman–Crippen LogP) is 1.61. The van der Waals surface area contributed by atoms with Crippen molar-refractivity contribution in [3.8, 4) is 0 Å². The molecule has 0 N–H and O–H groups in total. The van der Waals surface area contributed by atoms with Gasteiger partial charge in [-0.3, -0.25) is 4.79 Å². The highest BCUT2D eigenvalue weighted by Crippen LogP contribution is 2.19. The number of ether oxygens (including phenoxy) is 1. The van der Waals surface area contributed by atoms with Gasteiger partial charge in [-0.2, -0.15) is 0 Å². The van der Waals surface area contributed by atoms with E-state index in [1.165, 1.54) is 0 Å². The van der Waals surface area contributed by atoms with Gasteiger partial charge in [-0.15, -0.1) is 0 Å². The zero-order valence-electron chi connectivity index (χ0n) is 14.7. The largest absolute Gasteiger partial charge is 0.383 e. The molecule has 0 spiro atoms. The number of imidazole rings is 1. The van der Waals surface area contributed by atoms with Crippen molar-refractivity contribution >= 4 is 16.9 Å². The van der Waals surface area contributed by atoms with Crippen LogP contribution in [0.4, 0.5) is 0 Å². The summed E-state index contributed by atoms with van der Waals surface area (Å²) >= 11 is 0. The van der Waals surface area contributed by atoms with Crippen molar-refractivity contribution < 1.29 is 9.53 Å². The Morgan fingerprint density at radius 1 is 1.46 bits per heavy atom. The third-order valence-electron chi connectivity index (χ3n) is 4.83. The first kappa shape index (κ1) is 16.9. The van der Waals surface area contributed by atoms with Crippen LogP contribution in [0.25, 0.3) is 11.0 Å². The summed E-state index contributed by atoms with van der Waals surface area (Å²) in [4.78, 5) is 21.3. The van der Waals surface area contributed by atoms with E-state index in [2.05, 4.69) is 9.88 Å². The third-order valence-corrected chi connectivity index (χ3v) is 4.83. The maximum Gasteiger partial charge on any atom is 0.253 e. The van der Waals surface area contributed by atoms with Crippen LogP contribution in [-0.2, 0) is 11.8 Å². The first-order valence-electron chi connectivity index (χ1n) is 8.46. The van der Waals surface area contributed by atoms with Gasteiger partial charge < -0.3 is 19.1 Å². The molecular formula is C18H26N4O2. The van der Waals surface area contributed by atoms with E-state index < -0.39 is 0 Å². The Bertz CT molecular complexity index is 712. The molecule has 6 heteroatoms. The lowest BCUT2D eigenvalue weighted by Crippen LogP contribution is -2.33. The van der Waals surface area contributed by atoms with E-state index in [9.17, 15) is 4.79 Å². The Labute approximate surface area is 143 Å². The normalized spacial score (nSPS) is 18.4. The number of likely N-dealkylation sites (tertiary alicyclic amines) is 1. The second-order valence-electron chi connectivity index (χ2n) is 6.69. The number of carbonyl (C=O) groups is 1. The Hall–Kier alpha value is -1.92. The number of rotatable bonds is 6. The van der Waals surface area contributed by atoms with Crippen molar-refractivity contribution in [3.63, 3.8) is 0 Å². The van der Waals surface area contributed by atoms with Gasteiger partial charge in [-0.25, -0.2) is 4.98 Å². The van der Waals surface area contributed by atoms with Crippen molar-refractivity contribution in [3.05, 3.63) is 30.1 Å². The molecule has 1 unspecified atom stereocenters. The smallest absolute Gasteiger partial charge is 0.253 e. The zero-order chi connectivity index (χ0) is 17.1. The summed E-state index contributed by atoms with van der Waals surface area (Å²) in [6, 6.07) is 5.74. The number of aryl methyl sites for hydroxylation is 1. The number of nitrogens with zero attached hydrogens (tertiary/aromatic N) is 4. The maximum absolute atomic E-state index is 12.7. The second kappa shape index (κ2) is 7.32. The predicted molar refractivity (Wildman–Crippen MR) is 94.1 cm³/mol. The fraction of sp³-hybridized carbons (Fsp3) is 0.556. The summed E-state index contributed by atoms with van der Waals surface area (Å²) in [7, 11) is 5.58. The van der Waals surface area contributed by atoms with Crippen molar-refractivity contribution in [2.24, 2.45) is 13.0 Å². The van der Waals surface area contributed by atoms with Gasteiger partial charge in [0.05, 0.1) is 24.0 Å². The van der Waals surface area contributed by atoms with Gasteiger partial charge >= 0.3 is 0 Å². The molecule has 1 aromatic heterocycles. The molecule has 2 heterocycles. The molecular weight excluding hydrogens is 304 g/mol. The van der Waals surface area contributed by atoms with E-state index in [-0.39, 0.29) is 5.91 Å². The van der Waals surface area contributed by atoms with Crippen molar-refractivity contribution in [1.29, 1.82) is 0 Å². The Morgan fingerprint density at radius 2 is 2.29 bits per heavy atom. The monoisotopic (exact) mass is 330 g/mol. The molecule has 1 aliphatic rings. The summed E-state index contributed by atoms with van der Waals surface area (Å²) < 4.78 is 7.10. The Morgan fingerprint density at radius 3 is 3.08 bits per heavy atom. The second-order valence-corrected chi connectivity index (χ2v) is 6.69. The molecule has 1 saturated heterocycles. The average Bonchev–Trinajstić information content (AvgIpc) is 3.18. The standard InChI is InChI=1S/C18H26N4O2/c1-20(11-14-6-7-22(12-14)8-9-24-3)18(23)15-4-5-17-16(10-15)19-13-21(17)2/h4-5,10,13-14H,6-9,11-12H2,1-3H3. The molecule has 1 aliphatic heterocycles. The first-order chi connectivity index (χ1) is 11.6. The lowest BCUT2D eigenvalue weighted by molar-refractivity contribution is 0.0772. The van der Waals surface area contributed by atoms with Crippen molar-refractivity contribution in [1.82, 2.24) is 19.4 Å². The lowest BCUT2D eigenvalue weighted by atomic mass is 10.1. The number of carbonyl (C=O) groups excluding carboxylic acids is 1. The van der Waals surface area contributed by atoms with Gasteiger partial charge in [0.2, 0.25) is 0 Å². The van der Waals surface area contributed by atoms with E-state index in [0.29, 0.717) is 11.5 Å². The van der Waals surface area contributed by atoms with E-state index >= 15 is 0 Å². The van der Waals surface area contributed by atoms with Crippen LogP contribution in [0.5, 0.6) is 0 Å². The minimum Gasteiger partial charge on any atom is -0.383 e. The quantitative estimate of drug-likeness (QED) is 0.807. The molecule has 0 radical (unpaired) electrons. The topological polar surface area (TPSA) is 50.6 Å². The highest BCUT2D eigenvalue weighted by atomic mass is 16.5. The van der Waals surface area contributed by atoms with Crippen LogP contribution in [0.15, 0.2) is 24.5 Å². The molecule has 6 nitrogen and oxygen atoms in total. The number of hydrogen-bond acceptors (Lipinski definition) is 4. The molecule has 0 bridgehead atoms. The summed E-state index contributed by atoms with van der Waals surface area (Å²) in [5.74, 6) is 0.604. The van der Waals surface area contributed by atoms with E-state index in [4.69, 9.17) is 4.74 Å². The van der Waals surface area contributed by atoms with E-state index in [1.54, 1.807) is 13.4 Å². The zero-order valence-corrected chi connectivity index (χ0v) is 14.7. The molecule has 130 valence electrons. The number of hydrogen-bond donors (Lipinski definition) is 0. The highest BCUT2D eigenvalue weighted by molar-refractivity contribution is 5.97. The number of amides is 1. The van der Waals surface area contributed by atoms with Crippen molar-refractivity contribution in [2.75, 3.05) is 46.9 Å². The van der Waals surface area contributed by atoms with Crippen LogP contribution in [0.3, 0.4) is 0 Å². The van der Waals surface area contributed by atoms with Crippen LogP contribution in [-0.4, -0.2) is 72.2 Å². The van der Waals surface area contributed by atoms with Gasteiger partial charge in [0.25, 0.3) is 5.91 Å². The molecule has 1 fully saturated rings. The number of fused-ring (bicyclic) bond motifs is 1. The number of benzene rings is 1. The summed E-state index contributed by atoms with van der Waals surface area (Å²) in [5, 5.41) is 0. The van der Waals surface area contributed by atoms with Gasteiger partial charge in [0.1, 0.15) is 0 Å². The van der Waals surface area contributed by atoms with E-state index in [0.717, 1.165) is 50.2 Å². The Kier molecular flexibility index (Phi) is 5.16. The van der Waals surface area contributed by atoms with Crippen LogP contribution in [0.2, 0.25) is 0 Å². The van der Waals surface area contributed by atoms with Crippen LogP contribution >= 0.6 is 0 Å². The fourth-order valence-corrected chi connectivity index (χ4v) is 3.45. The van der Waals surface area contributed by atoms with Gasteiger partial charge in [0, 0.05) is 46.4 Å². The minimum absolute atomic E-state index is 0.0675.